The quantitative estimate of drug-likeness (QED) is 0.306. The molecule has 9 nitrogen and oxygen atoms in total. The van der Waals surface area contributed by atoms with Crippen LogP contribution < -0.4 is 9.46 Å². The van der Waals surface area contributed by atoms with Gasteiger partial charge in [0.15, 0.2) is 16.5 Å². The summed E-state index contributed by atoms with van der Waals surface area (Å²) < 4.78 is 65.1. The van der Waals surface area contributed by atoms with Crippen LogP contribution in [0.2, 0.25) is 5.02 Å². The Bertz CT molecular complexity index is 1770. The van der Waals surface area contributed by atoms with Crippen LogP contribution in [0, 0.1) is 25.5 Å². The molecule has 5 aromatic rings. The van der Waals surface area contributed by atoms with Crippen LogP contribution >= 0.6 is 11.6 Å². The van der Waals surface area contributed by atoms with Gasteiger partial charge >= 0.3 is 0 Å². The van der Waals surface area contributed by atoms with Gasteiger partial charge in [-0.05, 0) is 38.1 Å². The minimum atomic E-state index is -4.39. The van der Waals surface area contributed by atoms with Crippen LogP contribution in [0.1, 0.15) is 11.4 Å². The summed E-state index contributed by atoms with van der Waals surface area (Å²) in [6.07, 6.45) is 4.21. The van der Waals surface area contributed by atoms with Crippen molar-refractivity contribution in [2.75, 3.05) is 11.8 Å². The Morgan fingerprint density at radius 1 is 1.14 bits per heavy atom. The number of H-pyrrole nitrogens is 1. The average molecular weight is 545 g/mol. The Kier molecular flexibility index (Phi) is 6.08. The van der Waals surface area contributed by atoms with E-state index in [-0.39, 0.29) is 16.5 Å². The Balaban J connectivity index is 1.55. The number of benzene rings is 1. The zero-order valence-electron chi connectivity index (χ0n) is 19.7. The monoisotopic (exact) mass is 544 g/mol. The molecule has 0 unspecified atom stereocenters. The van der Waals surface area contributed by atoms with E-state index in [1.807, 2.05) is 13.8 Å². The molecule has 0 saturated carbocycles. The zero-order chi connectivity index (χ0) is 26.5. The van der Waals surface area contributed by atoms with Crippen molar-refractivity contribution in [3.8, 4) is 28.5 Å². The van der Waals surface area contributed by atoms with E-state index < -0.39 is 37.8 Å². The van der Waals surface area contributed by atoms with Crippen LogP contribution in [0.3, 0.4) is 0 Å². The molecule has 0 fully saturated rings. The van der Waals surface area contributed by atoms with Gasteiger partial charge in [-0.25, -0.2) is 32.2 Å². The van der Waals surface area contributed by atoms with E-state index in [1.165, 1.54) is 31.9 Å². The normalized spacial score (nSPS) is 11.7. The number of aromatic nitrogens is 5. The summed E-state index contributed by atoms with van der Waals surface area (Å²) in [6, 6.07) is 6.26. The van der Waals surface area contributed by atoms with Crippen molar-refractivity contribution in [2.24, 2.45) is 0 Å². The molecule has 0 bridgehead atoms. The summed E-state index contributed by atoms with van der Waals surface area (Å²) in [4.78, 5) is 15.4. The number of aromatic amines is 1. The van der Waals surface area contributed by atoms with Gasteiger partial charge in [0, 0.05) is 23.7 Å². The number of sulfonamides is 1. The van der Waals surface area contributed by atoms with Gasteiger partial charge in [-0.1, -0.05) is 17.7 Å². The Morgan fingerprint density at radius 3 is 2.62 bits per heavy atom. The summed E-state index contributed by atoms with van der Waals surface area (Å²) in [7, 11) is -3.15. The van der Waals surface area contributed by atoms with Gasteiger partial charge in [-0.3, -0.25) is 4.72 Å². The fourth-order valence-corrected chi connectivity index (χ4v) is 5.27. The third-order valence-corrected chi connectivity index (χ3v) is 7.34. The second-order valence-corrected chi connectivity index (χ2v) is 10.2. The second kappa shape index (κ2) is 9.12. The maximum Gasteiger partial charge on any atom is 0.267 e. The number of halogens is 3. The largest absolute Gasteiger partial charge is 0.480 e. The number of rotatable bonds is 6. The molecule has 37 heavy (non-hydrogen) atoms. The first-order valence-electron chi connectivity index (χ1n) is 10.8. The molecule has 4 aromatic heterocycles. The molecule has 13 heteroatoms. The van der Waals surface area contributed by atoms with E-state index in [0.29, 0.717) is 17.0 Å². The van der Waals surface area contributed by atoms with Crippen molar-refractivity contribution in [3.63, 3.8) is 0 Å². The number of ether oxygens (including phenoxy) is 1. The van der Waals surface area contributed by atoms with Crippen molar-refractivity contribution in [3.05, 3.63) is 77.1 Å². The van der Waals surface area contributed by atoms with Crippen molar-refractivity contribution in [1.29, 1.82) is 0 Å². The Labute approximate surface area is 215 Å². The van der Waals surface area contributed by atoms with Gasteiger partial charge in [0.2, 0.25) is 5.88 Å². The topological polar surface area (TPSA) is 114 Å². The number of fused-ring (bicyclic) bond motifs is 1. The lowest BCUT2D eigenvalue weighted by molar-refractivity contribution is 0.385. The third-order valence-electron chi connectivity index (χ3n) is 5.78. The lowest BCUT2D eigenvalue weighted by atomic mass is 10.0. The van der Waals surface area contributed by atoms with Gasteiger partial charge < -0.3 is 14.1 Å². The maximum absolute atomic E-state index is 15.6. The fourth-order valence-electron chi connectivity index (χ4n) is 3.84. The smallest absolute Gasteiger partial charge is 0.267 e. The van der Waals surface area contributed by atoms with Crippen LogP contribution in [-0.4, -0.2) is 39.9 Å². The molecule has 0 radical (unpaired) electrons. The summed E-state index contributed by atoms with van der Waals surface area (Å²) in [6.45, 7) is 3.77. The first-order valence-corrected chi connectivity index (χ1v) is 12.7. The van der Waals surface area contributed by atoms with Gasteiger partial charge in [0.25, 0.3) is 10.0 Å². The SMILES string of the molecule is COc1ncc(Cl)cc1S(=O)(=O)Nc1ccc(F)c(-c2ccc3c(-c4nc(C)c(C)[nH]4)ncn3c2)c1F. The standard InChI is InChI=1S/C24H19ClF2N6O3S/c1-12-13(2)31-23(30-12)22-18-7-4-14(10-33(18)11-29-22)20-16(26)5-6-17(21(20)27)32-37(34,35)19-8-15(25)9-28-24(19)36-3/h4-11,32H,1-3H3,(H,30,31). The molecule has 5 rings (SSSR count). The summed E-state index contributed by atoms with van der Waals surface area (Å²) in [5, 5.41) is 0.0364. The lowest BCUT2D eigenvalue weighted by Crippen LogP contribution is -2.16. The van der Waals surface area contributed by atoms with Gasteiger partial charge in [-0.2, -0.15) is 0 Å². The predicted molar refractivity (Wildman–Crippen MR) is 134 cm³/mol. The van der Waals surface area contributed by atoms with Gasteiger partial charge in [0.05, 0.1) is 34.6 Å². The number of imidazole rings is 2. The molecule has 190 valence electrons. The van der Waals surface area contributed by atoms with E-state index in [2.05, 4.69) is 24.7 Å². The van der Waals surface area contributed by atoms with E-state index in [1.54, 1.807) is 10.5 Å². The molecule has 0 saturated heterocycles. The van der Waals surface area contributed by atoms with Crippen molar-refractivity contribution in [1.82, 2.24) is 24.3 Å². The number of methoxy groups -OCH3 is 1. The molecule has 2 N–H and O–H groups in total. The highest BCUT2D eigenvalue weighted by Crippen LogP contribution is 2.34. The van der Waals surface area contributed by atoms with Gasteiger partial charge in [0.1, 0.15) is 17.8 Å². The first kappa shape index (κ1) is 24.7. The van der Waals surface area contributed by atoms with Crippen molar-refractivity contribution < 1.29 is 21.9 Å². The van der Waals surface area contributed by atoms with Gasteiger partial charge in [-0.15, -0.1) is 0 Å². The van der Waals surface area contributed by atoms with Crippen LogP contribution in [-0.2, 0) is 10.0 Å². The average Bonchev–Trinajstić information content (AvgIpc) is 3.43. The summed E-state index contributed by atoms with van der Waals surface area (Å²) in [5.74, 6) is -1.64. The molecule has 4 heterocycles. The number of pyridine rings is 2. The molecule has 0 aliphatic carbocycles. The fraction of sp³-hybridized carbons (Fsp3) is 0.125. The van der Waals surface area contributed by atoms with Crippen LogP contribution in [0.15, 0.2) is 53.9 Å². The van der Waals surface area contributed by atoms with Crippen LogP contribution in [0.25, 0.3) is 28.2 Å². The van der Waals surface area contributed by atoms with E-state index >= 15 is 4.39 Å². The first-order chi connectivity index (χ1) is 17.6. The number of aryl methyl sites for hydroxylation is 2. The zero-order valence-corrected chi connectivity index (χ0v) is 21.2. The van der Waals surface area contributed by atoms with Crippen molar-refractivity contribution >= 4 is 32.8 Å². The highest BCUT2D eigenvalue weighted by atomic mass is 35.5. The minimum Gasteiger partial charge on any atom is -0.480 e. The van der Waals surface area contributed by atoms with E-state index in [4.69, 9.17) is 16.3 Å². The summed E-state index contributed by atoms with van der Waals surface area (Å²) >= 11 is 5.89. The highest BCUT2D eigenvalue weighted by Gasteiger charge is 2.25. The Hall–Kier alpha value is -4.03. The predicted octanol–water partition coefficient (Wildman–Crippen LogP) is 5.14. The Morgan fingerprint density at radius 2 is 1.92 bits per heavy atom. The second-order valence-electron chi connectivity index (χ2n) is 8.15. The number of hydrogen-bond acceptors (Lipinski definition) is 6. The molecule has 0 atom stereocenters. The van der Waals surface area contributed by atoms with Crippen LogP contribution in [0.4, 0.5) is 14.5 Å². The maximum atomic E-state index is 15.6. The molecular weight excluding hydrogens is 526 g/mol. The van der Waals surface area contributed by atoms with E-state index in [9.17, 15) is 12.8 Å². The summed E-state index contributed by atoms with van der Waals surface area (Å²) in [5.41, 5.74) is 2.26. The molecule has 0 spiro atoms. The molecular formula is C24H19ClF2N6O3S. The number of anilines is 1. The molecule has 0 aliphatic heterocycles. The van der Waals surface area contributed by atoms with Crippen LogP contribution in [0.5, 0.6) is 5.88 Å². The molecule has 0 amide bonds. The lowest BCUT2D eigenvalue weighted by Gasteiger charge is -2.14. The molecule has 0 aliphatic rings. The highest BCUT2D eigenvalue weighted by molar-refractivity contribution is 7.92. The number of nitrogens with zero attached hydrogens (tertiary/aromatic N) is 4. The third kappa shape index (κ3) is 4.38. The number of nitrogens with one attached hydrogen (secondary N) is 2. The minimum absolute atomic E-state index is 0.0364. The van der Waals surface area contributed by atoms with E-state index in [0.717, 1.165) is 29.6 Å². The molecule has 1 aromatic carbocycles. The van der Waals surface area contributed by atoms with Crippen molar-refractivity contribution in [2.45, 2.75) is 18.7 Å². The number of hydrogen-bond donors (Lipinski definition) is 2.